The first-order valence-electron chi connectivity index (χ1n) is 6.38. The predicted octanol–water partition coefficient (Wildman–Crippen LogP) is 3.74. The predicted molar refractivity (Wildman–Crippen MR) is 75.8 cm³/mol. The number of rotatable bonds is 3. The van der Waals surface area contributed by atoms with Crippen LogP contribution in [-0.4, -0.2) is 6.61 Å². The lowest BCUT2D eigenvalue weighted by Crippen LogP contribution is -2.00. The number of benzene rings is 2. The van der Waals surface area contributed by atoms with Gasteiger partial charge < -0.3 is 9.15 Å². The van der Waals surface area contributed by atoms with E-state index in [1.165, 1.54) is 0 Å². The zero-order valence-electron chi connectivity index (χ0n) is 10.7. The van der Waals surface area contributed by atoms with Crippen molar-refractivity contribution in [2.24, 2.45) is 0 Å². The van der Waals surface area contributed by atoms with Crippen LogP contribution in [0.3, 0.4) is 0 Å². The van der Waals surface area contributed by atoms with Gasteiger partial charge in [0.15, 0.2) is 0 Å². The number of fused-ring (bicyclic) bond motifs is 3. The molecule has 0 atom stereocenters. The second kappa shape index (κ2) is 4.76. The second-order valence-corrected chi connectivity index (χ2v) is 4.44. The van der Waals surface area contributed by atoms with Gasteiger partial charge in [0.2, 0.25) is 0 Å². The summed E-state index contributed by atoms with van der Waals surface area (Å²) in [7, 11) is 0. The molecule has 0 amide bonds. The fourth-order valence-corrected chi connectivity index (χ4v) is 2.17. The minimum absolute atomic E-state index is 0.309. The third kappa shape index (κ3) is 2.08. The second-order valence-electron chi connectivity index (χ2n) is 4.44. The SMILES string of the molecule is CCCOc1ccc2c(c1)oc(=O)c1ccccc12. The molecule has 3 rings (SSSR count). The van der Waals surface area contributed by atoms with Gasteiger partial charge >= 0.3 is 5.63 Å². The highest BCUT2D eigenvalue weighted by Crippen LogP contribution is 2.26. The fraction of sp³-hybridized carbons (Fsp3) is 0.188. The van der Waals surface area contributed by atoms with Gasteiger partial charge in [0, 0.05) is 11.5 Å². The third-order valence-electron chi connectivity index (χ3n) is 3.07. The van der Waals surface area contributed by atoms with Crippen LogP contribution in [0.1, 0.15) is 13.3 Å². The van der Waals surface area contributed by atoms with Crippen LogP contribution in [0.5, 0.6) is 5.75 Å². The molecule has 0 fully saturated rings. The zero-order valence-corrected chi connectivity index (χ0v) is 10.7. The molecule has 0 saturated heterocycles. The van der Waals surface area contributed by atoms with E-state index in [0.29, 0.717) is 17.6 Å². The molecule has 0 bridgehead atoms. The quantitative estimate of drug-likeness (QED) is 0.528. The van der Waals surface area contributed by atoms with Crippen LogP contribution in [0.4, 0.5) is 0 Å². The van der Waals surface area contributed by atoms with Crippen molar-refractivity contribution in [3.8, 4) is 5.75 Å². The highest BCUT2D eigenvalue weighted by molar-refractivity contribution is 6.04. The van der Waals surface area contributed by atoms with Gasteiger partial charge in [0.05, 0.1) is 12.0 Å². The Balaban J connectivity index is 2.25. The number of hydrogen-bond donors (Lipinski definition) is 0. The molecule has 0 radical (unpaired) electrons. The van der Waals surface area contributed by atoms with Crippen LogP contribution >= 0.6 is 0 Å². The van der Waals surface area contributed by atoms with E-state index >= 15 is 0 Å². The van der Waals surface area contributed by atoms with Crippen molar-refractivity contribution in [1.29, 1.82) is 0 Å². The maximum absolute atomic E-state index is 11.9. The fourth-order valence-electron chi connectivity index (χ4n) is 2.17. The smallest absolute Gasteiger partial charge is 0.344 e. The van der Waals surface area contributed by atoms with Gasteiger partial charge in [-0.25, -0.2) is 4.79 Å². The van der Waals surface area contributed by atoms with Crippen LogP contribution in [-0.2, 0) is 0 Å². The summed E-state index contributed by atoms with van der Waals surface area (Å²) >= 11 is 0. The average Bonchev–Trinajstić information content (AvgIpc) is 2.45. The van der Waals surface area contributed by atoms with Crippen LogP contribution < -0.4 is 10.4 Å². The van der Waals surface area contributed by atoms with Gasteiger partial charge in [-0.05, 0) is 30.0 Å². The molecule has 0 unspecified atom stereocenters. The monoisotopic (exact) mass is 254 g/mol. The summed E-state index contributed by atoms with van der Waals surface area (Å²) in [6.45, 7) is 2.71. The Morgan fingerprint density at radius 3 is 2.63 bits per heavy atom. The summed E-state index contributed by atoms with van der Waals surface area (Å²) in [6.07, 6.45) is 0.944. The van der Waals surface area contributed by atoms with Gasteiger partial charge in [-0.3, -0.25) is 0 Å². The minimum Gasteiger partial charge on any atom is -0.493 e. The van der Waals surface area contributed by atoms with Crippen molar-refractivity contribution < 1.29 is 9.15 Å². The first-order valence-corrected chi connectivity index (χ1v) is 6.38. The van der Waals surface area contributed by atoms with E-state index in [1.54, 1.807) is 12.1 Å². The van der Waals surface area contributed by atoms with E-state index < -0.39 is 0 Å². The van der Waals surface area contributed by atoms with Crippen LogP contribution in [0.15, 0.2) is 51.7 Å². The molecule has 96 valence electrons. The lowest BCUT2D eigenvalue weighted by Gasteiger charge is -2.06. The normalized spacial score (nSPS) is 11.0. The third-order valence-corrected chi connectivity index (χ3v) is 3.07. The molecule has 0 aliphatic carbocycles. The molecule has 0 saturated carbocycles. The van der Waals surface area contributed by atoms with E-state index in [9.17, 15) is 4.79 Å². The van der Waals surface area contributed by atoms with E-state index in [-0.39, 0.29) is 5.63 Å². The van der Waals surface area contributed by atoms with Crippen LogP contribution in [0.2, 0.25) is 0 Å². The first-order chi connectivity index (χ1) is 9.29. The molecule has 1 heterocycles. The summed E-state index contributed by atoms with van der Waals surface area (Å²) < 4.78 is 10.9. The zero-order chi connectivity index (χ0) is 13.2. The van der Waals surface area contributed by atoms with E-state index in [2.05, 4.69) is 6.92 Å². The molecule has 19 heavy (non-hydrogen) atoms. The molecule has 0 N–H and O–H groups in total. The molecule has 0 aliphatic rings. The summed E-state index contributed by atoms with van der Waals surface area (Å²) in [5.74, 6) is 0.729. The Bertz CT molecular complexity index is 787. The van der Waals surface area contributed by atoms with Crippen LogP contribution in [0, 0.1) is 0 Å². The van der Waals surface area contributed by atoms with Crippen molar-refractivity contribution in [1.82, 2.24) is 0 Å². The molecule has 3 heteroatoms. The Labute approximate surface area is 110 Å². The number of ether oxygens (including phenoxy) is 1. The summed E-state index contributed by atoms with van der Waals surface area (Å²) in [6, 6.07) is 13.1. The molecule has 0 spiro atoms. The Kier molecular flexibility index (Phi) is 2.95. The first kappa shape index (κ1) is 11.8. The lowest BCUT2D eigenvalue weighted by molar-refractivity contribution is 0.317. The topological polar surface area (TPSA) is 39.4 Å². The molecular formula is C16H14O3. The molecule has 2 aromatic carbocycles. The lowest BCUT2D eigenvalue weighted by atomic mass is 10.1. The van der Waals surface area contributed by atoms with Gasteiger partial charge in [-0.2, -0.15) is 0 Å². The Morgan fingerprint density at radius 2 is 1.84 bits per heavy atom. The van der Waals surface area contributed by atoms with Gasteiger partial charge in [0.25, 0.3) is 0 Å². The van der Waals surface area contributed by atoms with Gasteiger partial charge in [-0.1, -0.05) is 25.1 Å². The molecular weight excluding hydrogens is 240 g/mol. The van der Waals surface area contributed by atoms with Crippen molar-refractivity contribution in [3.63, 3.8) is 0 Å². The summed E-state index contributed by atoms with van der Waals surface area (Å²) in [5.41, 5.74) is 0.257. The Hall–Kier alpha value is -2.29. The van der Waals surface area contributed by atoms with E-state index in [1.807, 2.05) is 30.3 Å². The van der Waals surface area contributed by atoms with E-state index in [4.69, 9.17) is 9.15 Å². The highest BCUT2D eigenvalue weighted by atomic mass is 16.5. The summed E-state index contributed by atoms with van der Waals surface area (Å²) in [4.78, 5) is 11.9. The maximum atomic E-state index is 11.9. The summed E-state index contributed by atoms with van der Waals surface area (Å²) in [5, 5.41) is 2.45. The number of hydrogen-bond acceptors (Lipinski definition) is 3. The molecule has 1 aromatic heterocycles. The minimum atomic E-state index is -0.309. The van der Waals surface area contributed by atoms with Crippen molar-refractivity contribution in [2.45, 2.75) is 13.3 Å². The largest absolute Gasteiger partial charge is 0.493 e. The van der Waals surface area contributed by atoms with Gasteiger partial charge in [-0.15, -0.1) is 0 Å². The van der Waals surface area contributed by atoms with Crippen molar-refractivity contribution >= 4 is 21.7 Å². The van der Waals surface area contributed by atoms with Gasteiger partial charge in [0.1, 0.15) is 11.3 Å². The van der Waals surface area contributed by atoms with Crippen LogP contribution in [0.25, 0.3) is 21.7 Å². The van der Waals surface area contributed by atoms with Crippen molar-refractivity contribution in [3.05, 3.63) is 52.9 Å². The van der Waals surface area contributed by atoms with Crippen molar-refractivity contribution in [2.75, 3.05) is 6.61 Å². The average molecular weight is 254 g/mol. The molecule has 3 nitrogen and oxygen atoms in total. The van der Waals surface area contributed by atoms with E-state index in [0.717, 1.165) is 22.9 Å². The molecule has 0 aliphatic heterocycles. The standard InChI is InChI=1S/C16H14O3/c1-2-9-18-11-7-8-13-12-5-3-4-6-14(12)16(17)19-15(13)10-11/h3-8,10H,2,9H2,1H3. The molecule has 3 aromatic rings. The Morgan fingerprint density at radius 1 is 1.05 bits per heavy atom. The highest BCUT2D eigenvalue weighted by Gasteiger charge is 2.07. The maximum Gasteiger partial charge on any atom is 0.344 e.